The van der Waals surface area contributed by atoms with Crippen LogP contribution in [0.5, 0.6) is 0 Å². The van der Waals surface area contributed by atoms with Gasteiger partial charge in [-0.1, -0.05) is 48.5 Å². The Hall–Kier alpha value is -3.73. The summed E-state index contributed by atoms with van der Waals surface area (Å²) in [7, 11) is 0. The van der Waals surface area contributed by atoms with Gasteiger partial charge < -0.3 is 10.2 Å². The summed E-state index contributed by atoms with van der Waals surface area (Å²) < 4.78 is 0. The molecule has 0 bridgehead atoms. The number of Topliss-reactive ketones (excluding diaryl/α,β-unsaturated/α-hetero) is 1. The molecule has 3 aromatic rings. The topological polar surface area (TPSA) is 91.7 Å². The number of allylic oxidation sites excluding steroid dienone is 1. The van der Waals surface area contributed by atoms with E-state index in [1.165, 1.54) is 18.6 Å². The third kappa shape index (κ3) is 2.87. The fraction of sp³-hybridized carbons (Fsp3) is 0.0435. The van der Waals surface area contributed by atoms with Crippen molar-refractivity contribution in [3.05, 3.63) is 100 Å². The minimum absolute atomic E-state index is 0.0323. The summed E-state index contributed by atoms with van der Waals surface area (Å²) in [5, 5.41) is 20.0. The number of aliphatic carboxylic acids is 1. The van der Waals surface area contributed by atoms with E-state index >= 15 is 0 Å². The Balaban J connectivity index is 1.88. The largest absolute Gasteiger partial charge is 0.478 e. The summed E-state index contributed by atoms with van der Waals surface area (Å²) in [5.74, 6) is -2.65. The fourth-order valence-corrected chi connectivity index (χ4v) is 3.60. The number of carboxylic acids is 2. The molecule has 0 atom stereocenters. The van der Waals surface area contributed by atoms with Crippen molar-refractivity contribution in [2.45, 2.75) is 6.42 Å². The normalized spacial score (nSPS) is 13.3. The average Bonchev–Trinajstić information content (AvgIpc) is 2.71. The van der Waals surface area contributed by atoms with Crippen LogP contribution in [0.25, 0.3) is 10.8 Å². The number of carboxylic acid groups (broad SMARTS) is 2. The van der Waals surface area contributed by atoms with Crippen LogP contribution in [0.1, 0.15) is 31.8 Å². The monoisotopic (exact) mass is 371 g/mol. The molecule has 5 heteroatoms. The number of carbonyl (C=O) groups is 3. The Kier molecular flexibility index (Phi) is 4.28. The minimum Gasteiger partial charge on any atom is -0.478 e. The molecule has 0 aromatic heterocycles. The highest BCUT2D eigenvalue weighted by Crippen LogP contribution is 2.32. The number of rotatable bonds is 4. The van der Waals surface area contributed by atoms with E-state index in [1.807, 2.05) is 24.3 Å². The zero-order chi connectivity index (χ0) is 19.8. The van der Waals surface area contributed by atoms with Crippen molar-refractivity contribution >= 4 is 28.5 Å². The number of ketones is 1. The highest BCUT2D eigenvalue weighted by molar-refractivity contribution is 6.21. The van der Waals surface area contributed by atoms with Crippen LogP contribution in [0.3, 0.4) is 0 Å². The molecule has 0 saturated heterocycles. The van der Waals surface area contributed by atoms with Crippen molar-refractivity contribution in [2.75, 3.05) is 0 Å². The van der Waals surface area contributed by atoms with Gasteiger partial charge in [0.05, 0.1) is 11.1 Å². The number of benzene rings is 3. The molecule has 0 fully saturated rings. The molecule has 1 aliphatic carbocycles. The van der Waals surface area contributed by atoms with E-state index in [1.54, 1.807) is 24.3 Å². The molecule has 0 saturated carbocycles. The summed E-state index contributed by atoms with van der Waals surface area (Å²) in [5.41, 5.74) is 2.21. The maximum atomic E-state index is 13.3. The average molecular weight is 371 g/mol. The maximum Gasteiger partial charge on any atom is 0.336 e. The maximum absolute atomic E-state index is 13.3. The van der Waals surface area contributed by atoms with Crippen LogP contribution in [0, 0.1) is 6.42 Å². The number of hydrogen-bond acceptors (Lipinski definition) is 3. The smallest absolute Gasteiger partial charge is 0.336 e. The summed E-state index contributed by atoms with van der Waals surface area (Å²) in [6, 6.07) is 16.9. The van der Waals surface area contributed by atoms with Gasteiger partial charge in [-0.05, 0) is 34.0 Å². The first-order valence-corrected chi connectivity index (χ1v) is 8.66. The first-order valence-electron chi connectivity index (χ1n) is 8.66. The van der Waals surface area contributed by atoms with Gasteiger partial charge in [-0.2, -0.15) is 0 Å². The Morgan fingerprint density at radius 3 is 2.00 bits per heavy atom. The molecule has 0 amide bonds. The van der Waals surface area contributed by atoms with Gasteiger partial charge in [-0.15, -0.1) is 0 Å². The van der Waals surface area contributed by atoms with Crippen LogP contribution in [-0.4, -0.2) is 27.9 Å². The van der Waals surface area contributed by atoms with E-state index in [9.17, 15) is 24.6 Å². The third-order valence-electron chi connectivity index (χ3n) is 4.95. The van der Waals surface area contributed by atoms with Gasteiger partial charge in [-0.3, -0.25) is 4.79 Å². The second-order valence-corrected chi connectivity index (χ2v) is 6.56. The minimum atomic E-state index is -1.16. The van der Waals surface area contributed by atoms with E-state index in [4.69, 9.17) is 0 Å². The lowest BCUT2D eigenvalue weighted by Crippen LogP contribution is -2.20. The molecule has 0 heterocycles. The van der Waals surface area contributed by atoms with E-state index in [2.05, 4.69) is 0 Å². The van der Waals surface area contributed by atoms with Crippen LogP contribution in [0.4, 0.5) is 0 Å². The molecule has 3 aromatic carbocycles. The first-order chi connectivity index (χ1) is 13.5. The fourth-order valence-electron chi connectivity index (χ4n) is 3.60. The predicted molar refractivity (Wildman–Crippen MR) is 103 cm³/mol. The Morgan fingerprint density at radius 1 is 0.714 bits per heavy atom. The van der Waals surface area contributed by atoms with Gasteiger partial charge in [0.25, 0.3) is 0 Å². The van der Waals surface area contributed by atoms with Gasteiger partial charge in [0.2, 0.25) is 0 Å². The Bertz CT molecular complexity index is 1190. The van der Waals surface area contributed by atoms with Crippen LogP contribution in [0.2, 0.25) is 0 Å². The van der Waals surface area contributed by atoms with Crippen LogP contribution in [-0.2, 0) is 11.2 Å². The molecular formula is C23H15O5. The molecule has 4 rings (SSSR count). The second kappa shape index (κ2) is 6.78. The second-order valence-electron chi connectivity index (χ2n) is 6.56. The molecule has 137 valence electrons. The van der Waals surface area contributed by atoms with Gasteiger partial charge in [0.15, 0.2) is 5.78 Å². The van der Waals surface area contributed by atoms with Crippen LogP contribution < -0.4 is 0 Å². The van der Waals surface area contributed by atoms with Crippen molar-refractivity contribution in [3.63, 3.8) is 0 Å². The molecule has 5 nitrogen and oxygen atoms in total. The zero-order valence-corrected chi connectivity index (χ0v) is 14.7. The SMILES string of the molecule is O=C(O)C1=C(C(=O)c2ccc(C(=O)O)c3ccccc23)Cc2ccccc2[CH]1. The van der Waals surface area contributed by atoms with Crippen LogP contribution >= 0.6 is 0 Å². The summed E-state index contributed by atoms with van der Waals surface area (Å²) in [6.07, 6.45) is 1.73. The van der Waals surface area contributed by atoms with Gasteiger partial charge in [-0.25, -0.2) is 9.59 Å². The molecular weight excluding hydrogens is 356 g/mol. The van der Waals surface area contributed by atoms with Crippen LogP contribution in [0.15, 0.2) is 71.8 Å². The van der Waals surface area contributed by atoms with Crippen molar-refractivity contribution in [2.24, 2.45) is 0 Å². The molecule has 28 heavy (non-hydrogen) atoms. The number of carbonyl (C=O) groups excluding carboxylic acids is 1. The number of fused-ring (bicyclic) bond motifs is 2. The predicted octanol–water partition coefficient (Wildman–Crippen LogP) is 3.91. The van der Waals surface area contributed by atoms with E-state index in [0.29, 0.717) is 16.3 Å². The lowest BCUT2D eigenvalue weighted by Gasteiger charge is -2.20. The Morgan fingerprint density at radius 2 is 1.32 bits per heavy atom. The number of hydrogen-bond donors (Lipinski definition) is 2. The lowest BCUT2D eigenvalue weighted by molar-refractivity contribution is -0.132. The first kappa shape index (κ1) is 17.7. The standard InChI is InChI=1S/C23H15O5/c24-21(17-9-10-18(22(25)26)16-8-4-3-7-15(16)17)19-11-13-5-1-2-6-14(13)12-20(19)23(27)28/h1-10,12H,11H2,(H,25,26)(H,27,28). The molecule has 0 unspecified atom stereocenters. The Labute approximate surface area is 160 Å². The highest BCUT2D eigenvalue weighted by atomic mass is 16.4. The van der Waals surface area contributed by atoms with E-state index < -0.39 is 17.7 Å². The summed E-state index contributed by atoms with van der Waals surface area (Å²) >= 11 is 0. The van der Waals surface area contributed by atoms with Gasteiger partial charge in [0.1, 0.15) is 0 Å². The van der Waals surface area contributed by atoms with E-state index in [-0.39, 0.29) is 23.1 Å². The molecule has 1 aliphatic rings. The molecule has 0 spiro atoms. The summed E-state index contributed by atoms with van der Waals surface area (Å²) in [4.78, 5) is 36.6. The van der Waals surface area contributed by atoms with Gasteiger partial charge in [0, 0.05) is 24.0 Å². The lowest BCUT2D eigenvalue weighted by atomic mass is 9.82. The van der Waals surface area contributed by atoms with Crippen molar-refractivity contribution in [3.8, 4) is 0 Å². The molecule has 2 N–H and O–H groups in total. The summed E-state index contributed by atoms with van der Waals surface area (Å²) in [6.45, 7) is 0. The van der Waals surface area contributed by atoms with Gasteiger partial charge >= 0.3 is 11.9 Å². The zero-order valence-electron chi connectivity index (χ0n) is 14.7. The quantitative estimate of drug-likeness (QED) is 0.679. The van der Waals surface area contributed by atoms with Crippen molar-refractivity contribution < 1.29 is 24.6 Å². The number of aromatic carboxylic acids is 1. The van der Waals surface area contributed by atoms with Crippen molar-refractivity contribution in [1.82, 2.24) is 0 Å². The third-order valence-corrected chi connectivity index (χ3v) is 4.95. The molecule has 0 aliphatic heterocycles. The highest BCUT2D eigenvalue weighted by Gasteiger charge is 2.28. The van der Waals surface area contributed by atoms with E-state index in [0.717, 1.165) is 11.1 Å². The molecule has 1 radical (unpaired) electrons. The van der Waals surface area contributed by atoms with Crippen molar-refractivity contribution in [1.29, 1.82) is 0 Å².